The zero-order chi connectivity index (χ0) is 9.31. The van der Waals surface area contributed by atoms with E-state index in [1.165, 1.54) is 0 Å². The van der Waals surface area contributed by atoms with Crippen molar-refractivity contribution in [3.8, 4) is 0 Å². The number of hydrogen-bond acceptors (Lipinski definition) is 3. The van der Waals surface area contributed by atoms with E-state index in [-0.39, 0.29) is 5.25 Å². The number of nitrogens with zero attached hydrogens (tertiary/aromatic N) is 1. The molecule has 0 bridgehead atoms. The summed E-state index contributed by atoms with van der Waals surface area (Å²) < 4.78 is 0. The molecule has 1 aromatic rings. The third-order valence-corrected chi connectivity index (χ3v) is 4.01. The highest BCUT2D eigenvalue weighted by Gasteiger charge is 2.40. The molecule has 1 saturated heterocycles. The van der Waals surface area contributed by atoms with Crippen molar-refractivity contribution < 1.29 is 5.11 Å². The van der Waals surface area contributed by atoms with Gasteiger partial charge in [0.1, 0.15) is 5.60 Å². The molecule has 2 unspecified atom stereocenters. The van der Waals surface area contributed by atoms with E-state index in [9.17, 15) is 5.11 Å². The van der Waals surface area contributed by atoms with Crippen LogP contribution in [0.5, 0.6) is 0 Å². The SMILES string of the molecule is CC1SCCC1(O)c1cccnc1. The zero-order valence-electron chi connectivity index (χ0n) is 7.60. The van der Waals surface area contributed by atoms with Crippen molar-refractivity contribution >= 4 is 11.8 Å². The largest absolute Gasteiger partial charge is 0.384 e. The van der Waals surface area contributed by atoms with E-state index in [4.69, 9.17) is 0 Å². The van der Waals surface area contributed by atoms with Crippen LogP contribution >= 0.6 is 11.8 Å². The summed E-state index contributed by atoms with van der Waals surface area (Å²) in [6.07, 6.45) is 4.34. The first kappa shape index (κ1) is 9.03. The Morgan fingerprint density at radius 2 is 2.54 bits per heavy atom. The van der Waals surface area contributed by atoms with Gasteiger partial charge < -0.3 is 5.11 Å². The molecule has 1 N–H and O–H groups in total. The van der Waals surface area contributed by atoms with Gasteiger partial charge >= 0.3 is 0 Å². The van der Waals surface area contributed by atoms with Gasteiger partial charge in [0.2, 0.25) is 0 Å². The van der Waals surface area contributed by atoms with Crippen molar-refractivity contribution in [1.82, 2.24) is 4.98 Å². The molecule has 3 heteroatoms. The van der Waals surface area contributed by atoms with Crippen LogP contribution in [0.2, 0.25) is 0 Å². The smallest absolute Gasteiger partial charge is 0.103 e. The van der Waals surface area contributed by atoms with Crippen LogP contribution in [0.3, 0.4) is 0 Å². The topological polar surface area (TPSA) is 33.1 Å². The van der Waals surface area contributed by atoms with Gasteiger partial charge in [0.05, 0.1) is 0 Å². The summed E-state index contributed by atoms with van der Waals surface area (Å²) in [5.74, 6) is 1.03. The fourth-order valence-electron chi connectivity index (χ4n) is 1.73. The maximum Gasteiger partial charge on any atom is 0.103 e. The van der Waals surface area contributed by atoms with Gasteiger partial charge in [0.15, 0.2) is 0 Å². The van der Waals surface area contributed by atoms with E-state index < -0.39 is 5.60 Å². The number of rotatable bonds is 1. The Morgan fingerprint density at radius 1 is 1.69 bits per heavy atom. The summed E-state index contributed by atoms with van der Waals surface area (Å²) in [4.78, 5) is 4.04. The summed E-state index contributed by atoms with van der Waals surface area (Å²) in [6.45, 7) is 2.07. The molecule has 1 aliphatic rings. The van der Waals surface area contributed by atoms with E-state index in [1.807, 2.05) is 23.9 Å². The number of hydrogen-bond donors (Lipinski definition) is 1. The third kappa shape index (κ3) is 1.46. The van der Waals surface area contributed by atoms with Gasteiger partial charge in [-0.25, -0.2) is 0 Å². The fraction of sp³-hybridized carbons (Fsp3) is 0.500. The highest BCUT2D eigenvalue weighted by molar-refractivity contribution is 8.00. The predicted molar refractivity (Wildman–Crippen MR) is 54.7 cm³/mol. The Labute approximate surface area is 82.4 Å². The molecule has 13 heavy (non-hydrogen) atoms. The molecular weight excluding hydrogens is 182 g/mol. The molecule has 1 aromatic heterocycles. The number of pyridine rings is 1. The van der Waals surface area contributed by atoms with Gasteiger partial charge in [-0.15, -0.1) is 0 Å². The van der Waals surface area contributed by atoms with E-state index in [0.717, 1.165) is 17.7 Å². The van der Waals surface area contributed by atoms with Crippen LogP contribution in [0.15, 0.2) is 24.5 Å². The minimum absolute atomic E-state index is 0.275. The number of aliphatic hydroxyl groups is 1. The van der Waals surface area contributed by atoms with E-state index in [0.29, 0.717) is 0 Å². The van der Waals surface area contributed by atoms with Gasteiger partial charge in [0, 0.05) is 23.2 Å². The summed E-state index contributed by atoms with van der Waals surface area (Å²) in [7, 11) is 0. The third-order valence-electron chi connectivity index (χ3n) is 2.69. The molecule has 1 fully saturated rings. The summed E-state index contributed by atoms with van der Waals surface area (Å²) in [6, 6.07) is 3.83. The van der Waals surface area contributed by atoms with Crippen molar-refractivity contribution in [3.63, 3.8) is 0 Å². The van der Waals surface area contributed by atoms with Crippen molar-refractivity contribution in [3.05, 3.63) is 30.1 Å². The Bertz CT molecular complexity index is 290. The minimum atomic E-state index is -0.654. The maximum atomic E-state index is 10.4. The highest BCUT2D eigenvalue weighted by atomic mass is 32.2. The van der Waals surface area contributed by atoms with Crippen LogP contribution in [0.25, 0.3) is 0 Å². The first-order chi connectivity index (χ1) is 6.23. The van der Waals surface area contributed by atoms with E-state index >= 15 is 0 Å². The molecule has 0 saturated carbocycles. The molecule has 0 radical (unpaired) electrons. The van der Waals surface area contributed by atoms with Crippen molar-refractivity contribution in [2.45, 2.75) is 24.2 Å². The van der Waals surface area contributed by atoms with Crippen LogP contribution in [0.4, 0.5) is 0 Å². The van der Waals surface area contributed by atoms with Gasteiger partial charge in [-0.2, -0.15) is 11.8 Å². The molecule has 0 aromatic carbocycles. The second-order valence-electron chi connectivity index (χ2n) is 3.43. The van der Waals surface area contributed by atoms with Crippen LogP contribution in [-0.4, -0.2) is 21.1 Å². The summed E-state index contributed by atoms with van der Waals surface area (Å²) in [5.41, 5.74) is 0.298. The quantitative estimate of drug-likeness (QED) is 0.741. The second-order valence-corrected chi connectivity index (χ2v) is 4.88. The molecule has 0 amide bonds. The molecule has 70 valence electrons. The average Bonchev–Trinajstić information content (AvgIpc) is 2.50. The lowest BCUT2D eigenvalue weighted by atomic mass is 9.90. The van der Waals surface area contributed by atoms with E-state index in [2.05, 4.69) is 11.9 Å². The van der Waals surface area contributed by atoms with Crippen molar-refractivity contribution in [1.29, 1.82) is 0 Å². The Balaban J connectivity index is 2.34. The lowest BCUT2D eigenvalue weighted by Crippen LogP contribution is -2.31. The lowest BCUT2D eigenvalue weighted by Gasteiger charge is -2.26. The Kier molecular flexibility index (Phi) is 2.30. The maximum absolute atomic E-state index is 10.4. The molecule has 0 spiro atoms. The molecular formula is C10H13NOS. The Morgan fingerprint density at radius 3 is 3.08 bits per heavy atom. The van der Waals surface area contributed by atoms with Crippen LogP contribution < -0.4 is 0 Å². The minimum Gasteiger partial charge on any atom is -0.384 e. The highest BCUT2D eigenvalue weighted by Crippen LogP contribution is 2.42. The average molecular weight is 195 g/mol. The molecule has 2 nitrogen and oxygen atoms in total. The van der Waals surface area contributed by atoms with Crippen LogP contribution in [-0.2, 0) is 5.60 Å². The van der Waals surface area contributed by atoms with Crippen molar-refractivity contribution in [2.75, 3.05) is 5.75 Å². The first-order valence-electron chi connectivity index (χ1n) is 4.48. The standard InChI is InChI=1S/C10H13NOS/c1-8-10(12,4-6-13-8)9-3-2-5-11-7-9/h2-3,5,7-8,12H,4,6H2,1H3. The lowest BCUT2D eigenvalue weighted by molar-refractivity contribution is 0.0424. The number of aromatic nitrogens is 1. The molecule has 0 aliphatic carbocycles. The molecule has 2 atom stereocenters. The van der Waals surface area contributed by atoms with Gasteiger partial charge in [0.25, 0.3) is 0 Å². The van der Waals surface area contributed by atoms with Gasteiger partial charge in [-0.1, -0.05) is 13.0 Å². The van der Waals surface area contributed by atoms with Crippen LogP contribution in [0, 0.1) is 0 Å². The monoisotopic (exact) mass is 195 g/mol. The molecule has 1 aliphatic heterocycles. The van der Waals surface area contributed by atoms with Gasteiger partial charge in [-0.05, 0) is 18.2 Å². The van der Waals surface area contributed by atoms with Gasteiger partial charge in [-0.3, -0.25) is 4.98 Å². The second kappa shape index (κ2) is 3.31. The summed E-state index contributed by atoms with van der Waals surface area (Å²) >= 11 is 1.82. The van der Waals surface area contributed by atoms with Crippen molar-refractivity contribution in [2.24, 2.45) is 0 Å². The Hall–Kier alpha value is -0.540. The fourth-order valence-corrected chi connectivity index (χ4v) is 3.04. The molecule has 2 heterocycles. The number of thioether (sulfide) groups is 1. The predicted octanol–water partition coefficient (Wildman–Crippen LogP) is 1.79. The van der Waals surface area contributed by atoms with Crippen LogP contribution in [0.1, 0.15) is 18.9 Å². The summed E-state index contributed by atoms with van der Waals surface area (Å²) in [5, 5.41) is 10.6. The van der Waals surface area contributed by atoms with E-state index in [1.54, 1.807) is 12.4 Å². The molecule has 2 rings (SSSR count). The zero-order valence-corrected chi connectivity index (χ0v) is 8.42. The normalized spacial score (nSPS) is 33.5. The first-order valence-corrected chi connectivity index (χ1v) is 5.53.